The van der Waals surface area contributed by atoms with Crippen molar-refractivity contribution in [3.8, 4) is 0 Å². The Morgan fingerprint density at radius 2 is 1.71 bits per heavy atom. The summed E-state index contributed by atoms with van der Waals surface area (Å²) in [5, 5.41) is 2.49. The molecule has 0 unspecified atom stereocenters. The smallest absolute Gasteiger partial charge is 0.327 e. The zero-order valence-electron chi connectivity index (χ0n) is 14.5. The lowest BCUT2D eigenvalue weighted by Gasteiger charge is -2.36. The van der Waals surface area contributed by atoms with Gasteiger partial charge in [-0.1, -0.05) is 23.7 Å². The molecule has 4 rings (SSSR count). The molecule has 1 aliphatic rings. The summed E-state index contributed by atoms with van der Waals surface area (Å²) in [4.78, 5) is 16.0. The zero-order chi connectivity index (χ0) is 19.9. The van der Waals surface area contributed by atoms with Gasteiger partial charge in [-0.15, -0.1) is 11.3 Å². The van der Waals surface area contributed by atoms with Crippen molar-refractivity contribution in [2.45, 2.75) is 18.6 Å². The molecule has 2 nitrogen and oxygen atoms in total. The van der Waals surface area contributed by atoms with Crippen LogP contribution in [0, 0.1) is 0 Å². The molecule has 0 spiro atoms. The summed E-state index contributed by atoms with van der Waals surface area (Å²) in [6, 6.07) is 13.2. The van der Waals surface area contributed by atoms with Crippen LogP contribution in [-0.4, -0.2) is 17.4 Å². The van der Waals surface area contributed by atoms with Gasteiger partial charge < -0.3 is 4.90 Å². The number of carbonyl (C=O) groups is 1. The number of benzene rings is 2. The quantitative estimate of drug-likeness (QED) is 0.481. The fourth-order valence-corrected chi connectivity index (χ4v) is 4.54. The van der Waals surface area contributed by atoms with Crippen LogP contribution < -0.4 is 0 Å². The van der Waals surface area contributed by atoms with Gasteiger partial charge in [0.1, 0.15) is 0 Å². The maximum absolute atomic E-state index is 13.2. The molecule has 28 heavy (non-hydrogen) atoms. The van der Waals surface area contributed by atoms with E-state index in [0.717, 1.165) is 29.0 Å². The van der Waals surface area contributed by atoms with E-state index in [1.807, 2.05) is 11.4 Å². The van der Waals surface area contributed by atoms with E-state index in [1.165, 1.54) is 12.1 Å². The molecular formula is C21H15ClF3NOS. The molecule has 144 valence electrons. The Bertz CT molecular complexity index is 996. The Morgan fingerprint density at radius 1 is 1.04 bits per heavy atom. The molecular weight excluding hydrogens is 407 g/mol. The second-order valence-corrected chi connectivity index (χ2v) is 8.01. The molecule has 0 N–H and O–H groups in total. The highest BCUT2D eigenvalue weighted by Crippen LogP contribution is 2.39. The van der Waals surface area contributed by atoms with Crippen LogP contribution in [0.3, 0.4) is 0 Å². The third-order valence-electron chi connectivity index (χ3n) is 4.87. The number of hydrogen-bond donors (Lipinski definition) is 0. The predicted molar refractivity (Wildman–Crippen MR) is 104 cm³/mol. The van der Waals surface area contributed by atoms with Crippen molar-refractivity contribution >= 4 is 28.8 Å². The van der Waals surface area contributed by atoms with Crippen LogP contribution in [0.4, 0.5) is 13.2 Å². The van der Waals surface area contributed by atoms with Crippen LogP contribution >= 0.6 is 22.9 Å². The lowest BCUT2D eigenvalue weighted by atomic mass is 9.92. The van der Waals surface area contributed by atoms with Gasteiger partial charge in [0, 0.05) is 22.0 Å². The maximum atomic E-state index is 13.2. The summed E-state index contributed by atoms with van der Waals surface area (Å²) >= 11 is 7.52. The molecule has 0 saturated heterocycles. The van der Waals surface area contributed by atoms with Crippen molar-refractivity contribution in [3.63, 3.8) is 0 Å². The standard InChI is InChI=1S/C21H15ClF3NOS/c22-16-7-3-14(4-8-16)20(27)26-11-9-18-17(10-12-28-18)19(26)13-1-5-15(6-2-13)21(23,24)25/h1-8,10,12,19H,9,11H2/t19-/m1/s1. The summed E-state index contributed by atoms with van der Waals surface area (Å²) in [7, 11) is 0. The molecule has 1 amide bonds. The maximum Gasteiger partial charge on any atom is 0.416 e. The number of halogens is 4. The summed E-state index contributed by atoms with van der Waals surface area (Å²) in [5.41, 5.74) is 1.43. The molecule has 1 atom stereocenters. The summed E-state index contributed by atoms with van der Waals surface area (Å²) in [6.07, 6.45) is -3.67. The number of rotatable bonds is 2. The van der Waals surface area contributed by atoms with Crippen LogP contribution in [0.5, 0.6) is 0 Å². The van der Waals surface area contributed by atoms with Crippen LogP contribution in [0.15, 0.2) is 60.0 Å². The van der Waals surface area contributed by atoms with Crippen molar-refractivity contribution in [1.29, 1.82) is 0 Å². The van der Waals surface area contributed by atoms with Gasteiger partial charge in [0.05, 0.1) is 11.6 Å². The first-order valence-corrected chi connectivity index (χ1v) is 9.90. The third kappa shape index (κ3) is 3.54. The molecule has 2 heterocycles. The largest absolute Gasteiger partial charge is 0.416 e. The molecule has 2 aromatic carbocycles. The summed E-state index contributed by atoms with van der Waals surface area (Å²) < 4.78 is 38.8. The van der Waals surface area contributed by atoms with E-state index < -0.39 is 17.8 Å². The highest BCUT2D eigenvalue weighted by Gasteiger charge is 2.35. The average molecular weight is 422 g/mol. The van der Waals surface area contributed by atoms with E-state index >= 15 is 0 Å². The summed E-state index contributed by atoms with van der Waals surface area (Å²) in [6.45, 7) is 0.501. The van der Waals surface area contributed by atoms with Gasteiger partial charge in [0.2, 0.25) is 0 Å². The number of carbonyl (C=O) groups excluding carboxylic acids is 1. The van der Waals surface area contributed by atoms with Crippen molar-refractivity contribution < 1.29 is 18.0 Å². The van der Waals surface area contributed by atoms with Crippen molar-refractivity contribution in [2.24, 2.45) is 0 Å². The van der Waals surface area contributed by atoms with Gasteiger partial charge in [0.15, 0.2) is 0 Å². The van der Waals surface area contributed by atoms with E-state index in [4.69, 9.17) is 11.6 Å². The van der Waals surface area contributed by atoms with Gasteiger partial charge in [-0.3, -0.25) is 4.79 Å². The van der Waals surface area contributed by atoms with Crippen molar-refractivity contribution in [1.82, 2.24) is 4.90 Å². The molecule has 0 radical (unpaired) electrons. The minimum absolute atomic E-state index is 0.168. The van der Waals surface area contributed by atoms with E-state index in [1.54, 1.807) is 40.5 Å². The minimum atomic E-state index is -4.39. The first-order chi connectivity index (χ1) is 13.3. The number of nitrogens with zero attached hydrogens (tertiary/aromatic N) is 1. The van der Waals surface area contributed by atoms with Crippen molar-refractivity contribution in [3.05, 3.63) is 92.1 Å². The molecule has 7 heteroatoms. The molecule has 1 aliphatic heterocycles. The van der Waals surface area contributed by atoms with Crippen LogP contribution in [-0.2, 0) is 12.6 Å². The molecule has 0 fully saturated rings. The minimum Gasteiger partial charge on any atom is -0.327 e. The number of amides is 1. The lowest BCUT2D eigenvalue weighted by Crippen LogP contribution is -2.40. The monoisotopic (exact) mass is 421 g/mol. The average Bonchev–Trinajstić information content (AvgIpc) is 3.15. The van der Waals surface area contributed by atoms with Gasteiger partial charge in [0.25, 0.3) is 5.91 Å². The molecule has 0 bridgehead atoms. The number of fused-ring (bicyclic) bond motifs is 1. The number of alkyl halides is 3. The topological polar surface area (TPSA) is 20.3 Å². The fraction of sp³-hybridized carbons (Fsp3) is 0.190. The first kappa shape index (κ1) is 19.0. The number of thiophene rings is 1. The Balaban J connectivity index is 1.74. The fourth-order valence-electron chi connectivity index (χ4n) is 3.51. The molecule has 3 aromatic rings. The van der Waals surface area contributed by atoms with Crippen LogP contribution in [0.1, 0.15) is 38.0 Å². The second-order valence-electron chi connectivity index (χ2n) is 6.58. The molecule has 0 saturated carbocycles. The zero-order valence-corrected chi connectivity index (χ0v) is 16.1. The normalized spacial score (nSPS) is 16.7. The van der Waals surface area contributed by atoms with E-state index in [2.05, 4.69) is 0 Å². The van der Waals surface area contributed by atoms with Gasteiger partial charge in [-0.2, -0.15) is 13.2 Å². The second kappa shape index (κ2) is 7.26. The highest BCUT2D eigenvalue weighted by atomic mass is 35.5. The van der Waals surface area contributed by atoms with E-state index in [0.29, 0.717) is 22.7 Å². The Kier molecular flexibility index (Phi) is 4.93. The first-order valence-electron chi connectivity index (χ1n) is 8.64. The van der Waals surface area contributed by atoms with Gasteiger partial charge in [-0.25, -0.2) is 0 Å². The van der Waals surface area contributed by atoms with Crippen molar-refractivity contribution in [2.75, 3.05) is 6.54 Å². The summed E-state index contributed by atoms with van der Waals surface area (Å²) in [5.74, 6) is -0.168. The third-order valence-corrected chi connectivity index (χ3v) is 6.12. The Labute approximate surface area is 169 Å². The van der Waals surface area contributed by atoms with E-state index in [9.17, 15) is 18.0 Å². The Morgan fingerprint density at radius 3 is 2.36 bits per heavy atom. The van der Waals surface area contributed by atoms with Crippen LogP contribution in [0.2, 0.25) is 5.02 Å². The Hall–Kier alpha value is -2.31. The van der Waals surface area contributed by atoms with E-state index in [-0.39, 0.29) is 5.91 Å². The lowest BCUT2D eigenvalue weighted by molar-refractivity contribution is -0.137. The SMILES string of the molecule is O=C(c1ccc(Cl)cc1)N1CCc2sccc2[C@H]1c1ccc(C(F)(F)F)cc1. The highest BCUT2D eigenvalue weighted by molar-refractivity contribution is 7.10. The molecule has 0 aliphatic carbocycles. The number of hydrogen-bond acceptors (Lipinski definition) is 2. The molecule has 1 aromatic heterocycles. The predicted octanol–water partition coefficient (Wildman–Crippen LogP) is 6.21. The van der Waals surface area contributed by atoms with Gasteiger partial charge >= 0.3 is 6.18 Å². The van der Waals surface area contributed by atoms with Crippen LogP contribution in [0.25, 0.3) is 0 Å². The van der Waals surface area contributed by atoms with Gasteiger partial charge in [-0.05, 0) is 65.4 Å².